The van der Waals surface area contributed by atoms with Crippen molar-refractivity contribution in [1.29, 1.82) is 0 Å². The van der Waals surface area contributed by atoms with Crippen LogP contribution in [0.5, 0.6) is 5.75 Å². The van der Waals surface area contributed by atoms with Crippen LogP contribution in [-0.2, 0) is 27.3 Å². The van der Waals surface area contributed by atoms with Crippen molar-refractivity contribution >= 4 is 35.2 Å². The number of likely N-dealkylation sites (N-methyl/N-ethyl adjacent to an activating group) is 1. The molecule has 1 atom stereocenters. The van der Waals surface area contributed by atoms with Gasteiger partial charge in [0.25, 0.3) is 5.91 Å². The van der Waals surface area contributed by atoms with E-state index >= 15 is 0 Å². The number of ether oxygens (including phenoxy) is 2. The summed E-state index contributed by atoms with van der Waals surface area (Å²) in [5.41, 5.74) is 1.97. The molecule has 2 aromatic rings. The van der Waals surface area contributed by atoms with Gasteiger partial charge in [0.2, 0.25) is 5.91 Å². The summed E-state index contributed by atoms with van der Waals surface area (Å²) in [6, 6.07) is 6.37. The van der Waals surface area contributed by atoms with E-state index in [1.165, 1.54) is 15.9 Å². The van der Waals surface area contributed by atoms with Crippen LogP contribution in [0.3, 0.4) is 0 Å². The van der Waals surface area contributed by atoms with Crippen molar-refractivity contribution in [1.82, 2.24) is 10.3 Å². The van der Waals surface area contributed by atoms with Crippen molar-refractivity contribution in [3.8, 4) is 5.75 Å². The highest BCUT2D eigenvalue weighted by Crippen LogP contribution is 2.33. The number of carbonyl (C=O) groups excluding carboxylic acids is 3. The van der Waals surface area contributed by atoms with E-state index in [1.54, 1.807) is 25.2 Å². The molecule has 1 aromatic carbocycles. The Labute approximate surface area is 195 Å². The van der Waals surface area contributed by atoms with Crippen LogP contribution in [0.15, 0.2) is 24.3 Å². The fourth-order valence-corrected chi connectivity index (χ4v) is 4.43. The van der Waals surface area contributed by atoms with Gasteiger partial charge in [-0.1, -0.05) is 6.07 Å². The van der Waals surface area contributed by atoms with Crippen LogP contribution in [0, 0.1) is 5.82 Å². The molecule has 3 aliphatic heterocycles. The van der Waals surface area contributed by atoms with Crippen molar-refractivity contribution in [2.24, 2.45) is 0 Å². The molecule has 1 unspecified atom stereocenters. The van der Waals surface area contributed by atoms with Crippen LogP contribution in [0.25, 0.3) is 0 Å². The van der Waals surface area contributed by atoms with E-state index in [4.69, 9.17) is 9.47 Å². The molecule has 1 fully saturated rings. The molecule has 1 saturated heterocycles. The normalized spacial score (nSPS) is 19.0. The molecule has 0 saturated carbocycles. The number of hydrogen-bond donors (Lipinski definition) is 2. The minimum atomic E-state index is -0.497. The fraction of sp³-hybridized carbons (Fsp3) is 0.391. The van der Waals surface area contributed by atoms with Gasteiger partial charge in [-0.15, -0.1) is 0 Å². The first-order valence-corrected chi connectivity index (χ1v) is 11.1. The van der Waals surface area contributed by atoms with Crippen LogP contribution in [0.4, 0.5) is 26.5 Å². The van der Waals surface area contributed by atoms with Gasteiger partial charge in [0.15, 0.2) is 18.2 Å². The molecule has 2 N–H and O–H groups in total. The van der Waals surface area contributed by atoms with E-state index in [9.17, 15) is 18.8 Å². The van der Waals surface area contributed by atoms with Gasteiger partial charge in [0.1, 0.15) is 17.7 Å². The van der Waals surface area contributed by atoms with Gasteiger partial charge >= 0.3 is 6.09 Å². The molecule has 11 heteroatoms. The Bertz CT molecular complexity index is 1170. The molecule has 0 radical (unpaired) electrons. The number of aromatic nitrogens is 1. The number of nitrogens with zero attached hydrogens (tertiary/aromatic N) is 3. The Morgan fingerprint density at radius 3 is 2.94 bits per heavy atom. The lowest BCUT2D eigenvalue weighted by atomic mass is 10.1. The van der Waals surface area contributed by atoms with E-state index in [0.29, 0.717) is 61.7 Å². The molecule has 0 spiro atoms. The summed E-state index contributed by atoms with van der Waals surface area (Å²) >= 11 is 0. The lowest BCUT2D eigenvalue weighted by molar-refractivity contribution is -0.119. The van der Waals surface area contributed by atoms with Crippen LogP contribution in [-0.4, -0.2) is 55.7 Å². The maximum Gasteiger partial charge on any atom is 0.415 e. The predicted octanol–water partition coefficient (Wildman–Crippen LogP) is 1.97. The Morgan fingerprint density at radius 2 is 2.09 bits per heavy atom. The maximum atomic E-state index is 14.4. The zero-order valence-corrected chi connectivity index (χ0v) is 18.6. The highest BCUT2D eigenvalue weighted by atomic mass is 19.1. The summed E-state index contributed by atoms with van der Waals surface area (Å²) in [6.07, 6.45) is 0.815. The molecule has 3 amide bonds. The number of rotatable bonds is 7. The summed E-state index contributed by atoms with van der Waals surface area (Å²) in [6.45, 7) is 1.17. The second-order valence-electron chi connectivity index (χ2n) is 8.45. The molecule has 5 rings (SSSR count). The fourth-order valence-electron chi connectivity index (χ4n) is 4.43. The van der Waals surface area contributed by atoms with E-state index in [-0.39, 0.29) is 36.2 Å². The molecule has 10 nitrogen and oxygen atoms in total. The number of anilines is 3. The topological polar surface area (TPSA) is 113 Å². The van der Waals surface area contributed by atoms with Crippen LogP contribution in [0.1, 0.15) is 24.0 Å². The third kappa shape index (κ3) is 4.14. The SMILES string of the molecule is CN1C(=O)Cc2ccc(F)c(CNCCCC3CN(c4ccc5c(n4)NC(=O)CO5)C(=O)O3)c21. The van der Waals surface area contributed by atoms with Gasteiger partial charge in [-0.25, -0.2) is 14.2 Å². The lowest BCUT2D eigenvalue weighted by Gasteiger charge is -2.19. The molecule has 178 valence electrons. The Balaban J connectivity index is 1.12. The van der Waals surface area contributed by atoms with E-state index in [0.717, 1.165) is 5.56 Å². The van der Waals surface area contributed by atoms with E-state index in [1.807, 2.05) is 0 Å². The minimum Gasteiger partial charge on any atom is -0.480 e. The maximum absolute atomic E-state index is 14.4. The Kier molecular flexibility index (Phi) is 5.78. The Hall–Kier alpha value is -3.73. The number of hydrogen-bond acceptors (Lipinski definition) is 7. The monoisotopic (exact) mass is 469 g/mol. The predicted molar refractivity (Wildman–Crippen MR) is 120 cm³/mol. The number of pyridine rings is 1. The average Bonchev–Trinajstić information content (AvgIpc) is 3.33. The number of fused-ring (bicyclic) bond motifs is 2. The third-order valence-corrected chi connectivity index (χ3v) is 6.15. The molecule has 0 aliphatic carbocycles. The van der Waals surface area contributed by atoms with Crippen molar-refractivity contribution in [2.75, 3.05) is 41.9 Å². The largest absolute Gasteiger partial charge is 0.480 e. The molecular weight excluding hydrogens is 445 g/mol. The van der Waals surface area contributed by atoms with E-state index < -0.39 is 6.09 Å². The van der Waals surface area contributed by atoms with Gasteiger partial charge in [-0.3, -0.25) is 14.5 Å². The minimum absolute atomic E-state index is 0.0437. The number of cyclic esters (lactones) is 1. The molecule has 3 aliphatic rings. The number of carbonyl (C=O) groups is 3. The zero-order chi connectivity index (χ0) is 23.8. The van der Waals surface area contributed by atoms with Crippen LogP contribution in [0.2, 0.25) is 0 Å². The average molecular weight is 469 g/mol. The van der Waals surface area contributed by atoms with Crippen molar-refractivity contribution in [3.05, 3.63) is 41.2 Å². The van der Waals surface area contributed by atoms with Gasteiger partial charge in [-0.2, -0.15) is 0 Å². The summed E-state index contributed by atoms with van der Waals surface area (Å²) in [7, 11) is 1.66. The second kappa shape index (κ2) is 8.90. The summed E-state index contributed by atoms with van der Waals surface area (Å²) in [5.74, 6) is 0.424. The van der Waals surface area contributed by atoms with Crippen molar-refractivity contribution in [2.45, 2.75) is 31.9 Å². The molecule has 4 heterocycles. The van der Waals surface area contributed by atoms with Gasteiger partial charge < -0.3 is 25.0 Å². The molecule has 1 aromatic heterocycles. The smallest absolute Gasteiger partial charge is 0.415 e. The first-order chi connectivity index (χ1) is 16.4. The number of nitrogens with one attached hydrogen (secondary N) is 2. The zero-order valence-electron chi connectivity index (χ0n) is 18.6. The first kappa shape index (κ1) is 22.1. The highest BCUT2D eigenvalue weighted by Gasteiger charge is 2.34. The van der Waals surface area contributed by atoms with Gasteiger partial charge in [0.05, 0.1) is 18.7 Å². The summed E-state index contributed by atoms with van der Waals surface area (Å²) < 4.78 is 25.2. The number of benzene rings is 1. The van der Waals surface area contributed by atoms with Gasteiger partial charge in [-0.05, 0) is 43.1 Å². The quantitative estimate of drug-likeness (QED) is 0.596. The number of halogens is 1. The van der Waals surface area contributed by atoms with Gasteiger partial charge in [0, 0.05) is 19.2 Å². The van der Waals surface area contributed by atoms with E-state index in [2.05, 4.69) is 15.6 Å². The van der Waals surface area contributed by atoms with Crippen LogP contribution < -0.4 is 25.2 Å². The summed E-state index contributed by atoms with van der Waals surface area (Å²) in [4.78, 5) is 43.1. The van der Waals surface area contributed by atoms with Crippen LogP contribution >= 0.6 is 0 Å². The molecule has 0 bridgehead atoms. The van der Waals surface area contributed by atoms with Crippen molar-refractivity contribution in [3.63, 3.8) is 0 Å². The first-order valence-electron chi connectivity index (χ1n) is 11.1. The summed E-state index contributed by atoms with van der Waals surface area (Å²) in [5, 5.41) is 5.85. The standard InChI is InChI=1S/C23H24FN5O5/c1-28-20(31)9-13-4-5-16(24)15(21(13)28)10-25-8-2-3-14-11-29(23(32)34-14)18-7-6-17-22(26-18)27-19(30)12-33-17/h4-7,14,25H,2-3,8-12H2,1H3,(H,26,27,30). The molecular formula is C23H24FN5O5. The third-order valence-electron chi connectivity index (χ3n) is 6.15. The van der Waals surface area contributed by atoms with Crippen molar-refractivity contribution < 1.29 is 28.2 Å². The lowest BCUT2D eigenvalue weighted by Crippen LogP contribution is -2.29. The number of amides is 3. The molecule has 34 heavy (non-hydrogen) atoms. The second-order valence-corrected chi connectivity index (χ2v) is 8.45. The highest BCUT2D eigenvalue weighted by molar-refractivity contribution is 6.01. The Morgan fingerprint density at radius 1 is 1.24 bits per heavy atom.